The molecule has 39 heavy (non-hydrogen) atoms. The molecule has 0 radical (unpaired) electrons. The third kappa shape index (κ3) is 5.62. The van der Waals surface area contributed by atoms with Crippen LogP contribution in [0.2, 0.25) is 0 Å². The summed E-state index contributed by atoms with van der Waals surface area (Å²) < 4.78 is 113. The molecule has 0 aliphatic heterocycles. The van der Waals surface area contributed by atoms with Crippen molar-refractivity contribution in [3.63, 3.8) is 0 Å². The molecule has 0 saturated carbocycles. The molecule has 0 unspecified atom stereocenters. The van der Waals surface area contributed by atoms with Crippen LogP contribution < -0.4 is 10.4 Å². The van der Waals surface area contributed by atoms with Gasteiger partial charge < -0.3 is 4.74 Å². The minimum Gasteiger partial charge on any atom is -0.491 e. The number of aromatic nitrogens is 4. The van der Waals surface area contributed by atoms with Gasteiger partial charge in [-0.05, 0) is 55.8 Å². The van der Waals surface area contributed by atoms with Gasteiger partial charge in [-0.2, -0.15) is 31.0 Å². The number of benzene rings is 1. The number of pyridine rings is 2. The van der Waals surface area contributed by atoms with Crippen LogP contribution in [0.15, 0.2) is 58.5 Å². The molecule has 4 aromatic rings. The Hall–Kier alpha value is -3.88. The number of rotatable bonds is 6. The average Bonchev–Trinajstić information content (AvgIpc) is 3.17. The molecule has 0 fully saturated rings. The Labute approximate surface area is 217 Å². The van der Waals surface area contributed by atoms with E-state index in [-0.39, 0.29) is 22.5 Å². The van der Waals surface area contributed by atoms with Crippen molar-refractivity contribution in [2.24, 2.45) is 0 Å². The summed E-state index contributed by atoms with van der Waals surface area (Å²) in [5.74, 6) is -1.11. The van der Waals surface area contributed by atoms with Gasteiger partial charge >= 0.3 is 18.0 Å². The second-order valence-corrected chi connectivity index (χ2v) is 10.9. The van der Waals surface area contributed by atoms with E-state index in [2.05, 4.69) is 10.1 Å². The maximum Gasteiger partial charge on any atom is 0.417 e. The lowest BCUT2D eigenvalue weighted by Gasteiger charge is -2.16. The van der Waals surface area contributed by atoms with Crippen LogP contribution in [0, 0.1) is 0 Å². The van der Waals surface area contributed by atoms with Crippen LogP contribution in [0.1, 0.15) is 31.9 Å². The molecule has 0 aliphatic carbocycles. The van der Waals surface area contributed by atoms with Gasteiger partial charge in [0.15, 0.2) is 21.3 Å². The van der Waals surface area contributed by atoms with Crippen LogP contribution >= 0.6 is 0 Å². The average molecular weight is 575 g/mol. The SMILES string of the molecule is CCS(=O)(=O)c1cc(-c2cc(OC(C)C)cc(C(F)(F)F)c2)cnc1-n1nc2ccc(C(F)(F)F)cn2c1=O. The minimum absolute atomic E-state index is 0.0401. The molecule has 0 spiro atoms. The lowest BCUT2D eigenvalue weighted by Crippen LogP contribution is -2.23. The van der Waals surface area contributed by atoms with E-state index < -0.39 is 61.6 Å². The Morgan fingerprint density at radius 1 is 0.949 bits per heavy atom. The van der Waals surface area contributed by atoms with Crippen molar-refractivity contribution in [1.29, 1.82) is 0 Å². The second-order valence-electron chi connectivity index (χ2n) is 8.70. The highest BCUT2D eigenvalue weighted by Gasteiger charge is 2.33. The van der Waals surface area contributed by atoms with Crippen molar-refractivity contribution < 1.29 is 39.5 Å². The van der Waals surface area contributed by atoms with E-state index in [0.29, 0.717) is 21.3 Å². The van der Waals surface area contributed by atoms with Gasteiger partial charge in [-0.25, -0.2) is 22.6 Å². The smallest absolute Gasteiger partial charge is 0.417 e. The van der Waals surface area contributed by atoms with Gasteiger partial charge in [-0.3, -0.25) is 0 Å². The number of sulfone groups is 1. The number of fused-ring (bicyclic) bond motifs is 1. The molecule has 8 nitrogen and oxygen atoms in total. The highest BCUT2D eigenvalue weighted by molar-refractivity contribution is 7.91. The largest absolute Gasteiger partial charge is 0.491 e. The summed E-state index contributed by atoms with van der Waals surface area (Å²) >= 11 is 0. The molecule has 0 bridgehead atoms. The van der Waals surface area contributed by atoms with Gasteiger partial charge in [-0.1, -0.05) is 6.92 Å². The van der Waals surface area contributed by atoms with E-state index >= 15 is 0 Å². The second kappa shape index (κ2) is 9.70. The fraction of sp³-hybridized carbons (Fsp3) is 0.292. The van der Waals surface area contributed by atoms with Crippen molar-refractivity contribution in [1.82, 2.24) is 19.2 Å². The first kappa shape index (κ1) is 28.1. The van der Waals surface area contributed by atoms with Gasteiger partial charge in [0.25, 0.3) is 0 Å². The van der Waals surface area contributed by atoms with Crippen LogP contribution in [0.3, 0.4) is 0 Å². The lowest BCUT2D eigenvalue weighted by molar-refractivity contribution is -0.138. The topological polar surface area (TPSA) is 95.6 Å². The van der Waals surface area contributed by atoms with Gasteiger partial charge in [0.05, 0.1) is 23.0 Å². The summed E-state index contributed by atoms with van der Waals surface area (Å²) in [6.07, 6.45) is -8.40. The monoisotopic (exact) mass is 574 g/mol. The highest BCUT2D eigenvalue weighted by Crippen LogP contribution is 2.37. The first-order valence-electron chi connectivity index (χ1n) is 11.3. The minimum atomic E-state index is -4.75. The maximum absolute atomic E-state index is 13.6. The van der Waals surface area contributed by atoms with E-state index in [1.807, 2.05) is 0 Å². The molecular weight excluding hydrogens is 554 g/mol. The summed E-state index contributed by atoms with van der Waals surface area (Å²) in [5, 5.41) is 3.91. The number of alkyl halides is 6. The fourth-order valence-electron chi connectivity index (χ4n) is 3.69. The molecule has 0 saturated heterocycles. The number of hydrogen-bond donors (Lipinski definition) is 0. The standard InChI is InChI=1S/C24H20F6N4O4S/c1-4-39(36,37)19-9-15(14-7-17(24(28,29)30)10-18(8-14)38-13(2)3)11-31-21(19)34-22(35)33-12-16(23(25,26)27)5-6-20(33)32-34/h5-13H,4H2,1-3H3. The predicted molar refractivity (Wildman–Crippen MR) is 128 cm³/mol. The van der Waals surface area contributed by atoms with Crippen molar-refractivity contribution in [3.8, 4) is 22.7 Å². The number of nitrogens with zero attached hydrogens (tertiary/aromatic N) is 4. The van der Waals surface area contributed by atoms with Crippen molar-refractivity contribution in [3.05, 3.63) is 70.4 Å². The molecule has 0 N–H and O–H groups in total. The van der Waals surface area contributed by atoms with E-state index in [1.54, 1.807) is 13.8 Å². The number of ether oxygens (including phenoxy) is 1. The van der Waals surface area contributed by atoms with Crippen LogP contribution in [0.4, 0.5) is 26.3 Å². The molecule has 0 atom stereocenters. The first-order valence-corrected chi connectivity index (χ1v) is 13.0. The van der Waals surface area contributed by atoms with Gasteiger partial charge in [0.1, 0.15) is 10.6 Å². The zero-order valence-electron chi connectivity index (χ0n) is 20.5. The van der Waals surface area contributed by atoms with Gasteiger partial charge in [0.2, 0.25) is 0 Å². The van der Waals surface area contributed by atoms with Gasteiger partial charge in [-0.15, -0.1) is 5.10 Å². The van der Waals surface area contributed by atoms with Crippen LogP contribution in [0.25, 0.3) is 22.6 Å². The van der Waals surface area contributed by atoms with Crippen molar-refractivity contribution in [2.75, 3.05) is 5.75 Å². The Morgan fingerprint density at radius 2 is 1.62 bits per heavy atom. The Kier molecular flexibility index (Phi) is 7.00. The van der Waals surface area contributed by atoms with E-state index in [4.69, 9.17) is 4.74 Å². The van der Waals surface area contributed by atoms with Crippen molar-refractivity contribution in [2.45, 2.75) is 44.1 Å². The normalized spacial score (nSPS) is 12.9. The Morgan fingerprint density at radius 3 is 2.21 bits per heavy atom. The highest BCUT2D eigenvalue weighted by atomic mass is 32.2. The summed E-state index contributed by atoms with van der Waals surface area (Å²) in [6, 6.07) is 5.55. The van der Waals surface area contributed by atoms with Crippen LogP contribution in [0.5, 0.6) is 5.75 Å². The molecule has 3 heterocycles. The summed E-state index contributed by atoms with van der Waals surface area (Å²) in [5.41, 5.74) is -3.63. The molecule has 3 aromatic heterocycles. The molecule has 0 aliphatic rings. The molecule has 15 heteroatoms. The quantitative estimate of drug-likeness (QED) is 0.295. The molecule has 0 amide bonds. The molecule has 4 rings (SSSR count). The Bertz CT molecular complexity index is 1720. The summed E-state index contributed by atoms with van der Waals surface area (Å²) in [6.45, 7) is 4.53. The zero-order valence-corrected chi connectivity index (χ0v) is 21.3. The zero-order chi connectivity index (χ0) is 28.9. The number of halogens is 6. The van der Waals surface area contributed by atoms with E-state index in [1.165, 1.54) is 13.0 Å². The van der Waals surface area contributed by atoms with Crippen molar-refractivity contribution >= 4 is 15.5 Å². The van der Waals surface area contributed by atoms with E-state index in [9.17, 15) is 39.6 Å². The first-order chi connectivity index (χ1) is 18.0. The lowest BCUT2D eigenvalue weighted by atomic mass is 10.0. The van der Waals surface area contributed by atoms with Crippen LogP contribution in [-0.4, -0.2) is 39.4 Å². The van der Waals surface area contributed by atoms with E-state index in [0.717, 1.165) is 30.5 Å². The predicted octanol–water partition coefficient (Wildman–Crippen LogP) is 5.17. The molecular formula is C24H20F6N4O4S. The third-order valence-corrected chi connectivity index (χ3v) is 7.26. The summed E-state index contributed by atoms with van der Waals surface area (Å²) in [4.78, 5) is 16.4. The maximum atomic E-state index is 13.6. The van der Waals surface area contributed by atoms with Crippen LogP contribution in [-0.2, 0) is 22.2 Å². The fourth-order valence-corrected chi connectivity index (χ4v) is 4.72. The summed E-state index contributed by atoms with van der Waals surface area (Å²) in [7, 11) is -4.17. The molecule has 208 valence electrons. The Balaban J connectivity index is 1.95. The molecule has 1 aromatic carbocycles. The third-order valence-electron chi connectivity index (χ3n) is 5.53. The number of hydrogen-bond acceptors (Lipinski definition) is 6. The van der Waals surface area contributed by atoms with Gasteiger partial charge in [0, 0.05) is 18.0 Å².